The van der Waals surface area contributed by atoms with E-state index in [-0.39, 0.29) is 11.8 Å². The number of anilines is 1. The minimum absolute atomic E-state index is 0.0179. The lowest BCUT2D eigenvalue weighted by atomic mass is 10.1. The molecule has 0 aromatic heterocycles. The molecule has 0 fully saturated rings. The van der Waals surface area contributed by atoms with E-state index in [9.17, 15) is 4.79 Å². The molecule has 0 radical (unpaired) electrons. The lowest BCUT2D eigenvalue weighted by molar-refractivity contribution is -0.123. The van der Waals surface area contributed by atoms with Gasteiger partial charge in [-0.3, -0.25) is 4.79 Å². The number of carbonyl (C=O) groups excluding carboxylic acids is 1. The van der Waals surface area contributed by atoms with Gasteiger partial charge in [-0.05, 0) is 31.0 Å². The fourth-order valence-electron chi connectivity index (χ4n) is 2.37. The van der Waals surface area contributed by atoms with Gasteiger partial charge in [-0.25, -0.2) is 4.99 Å². The predicted molar refractivity (Wildman–Crippen MR) is 113 cm³/mol. The molecule has 0 unspecified atom stereocenters. The third-order valence-corrected chi connectivity index (χ3v) is 4.05. The van der Waals surface area contributed by atoms with Crippen LogP contribution in [0.3, 0.4) is 0 Å². The molecule has 2 rings (SSSR count). The van der Waals surface area contributed by atoms with Crippen molar-refractivity contribution >= 4 is 17.6 Å². The van der Waals surface area contributed by atoms with Crippen LogP contribution >= 0.6 is 0 Å². The molecule has 144 valence electrons. The summed E-state index contributed by atoms with van der Waals surface area (Å²) < 4.78 is 0. The van der Waals surface area contributed by atoms with Gasteiger partial charge in [0.25, 0.3) is 0 Å². The summed E-state index contributed by atoms with van der Waals surface area (Å²) in [5.74, 6) is 0.840. The van der Waals surface area contributed by atoms with E-state index >= 15 is 0 Å². The third-order valence-electron chi connectivity index (χ3n) is 4.05. The van der Waals surface area contributed by atoms with Crippen LogP contribution in [0.15, 0.2) is 59.6 Å². The molecule has 5 heteroatoms. The van der Waals surface area contributed by atoms with Crippen molar-refractivity contribution in [1.29, 1.82) is 0 Å². The van der Waals surface area contributed by atoms with Gasteiger partial charge in [0.2, 0.25) is 5.91 Å². The lowest BCUT2D eigenvalue weighted by Crippen LogP contribution is -2.34. The smallest absolute Gasteiger partial charge is 0.222 e. The Morgan fingerprint density at radius 3 is 2.30 bits per heavy atom. The average molecular weight is 367 g/mol. The molecule has 3 N–H and O–H groups in total. The van der Waals surface area contributed by atoms with E-state index in [0.717, 1.165) is 24.6 Å². The van der Waals surface area contributed by atoms with Gasteiger partial charge in [-0.1, -0.05) is 61.9 Å². The first-order valence-electron chi connectivity index (χ1n) is 9.48. The van der Waals surface area contributed by atoms with Crippen LogP contribution in [0.4, 0.5) is 5.69 Å². The summed E-state index contributed by atoms with van der Waals surface area (Å²) >= 11 is 0. The molecule has 0 atom stereocenters. The maximum absolute atomic E-state index is 11.6. The average Bonchev–Trinajstić information content (AvgIpc) is 2.67. The highest BCUT2D eigenvalue weighted by Gasteiger charge is 2.05. The van der Waals surface area contributed by atoms with Gasteiger partial charge in [0.1, 0.15) is 0 Å². The van der Waals surface area contributed by atoms with Crippen molar-refractivity contribution in [3.8, 4) is 0 Å². The summed E-state index contributed by atoms with van der Waals surface area (Å²) in [5, 5.41) is 9.60. The zero-order chi connectivity index (χ0) is 19.5. The highest BCUT2D eigenvalue weighted by atomic mass is 16.1. The molecule has 0 bridgehead atoms. The van der Waals surface area contributed by atoms with Crippen molar-refractivity contribution in [2.75, 3.05) is 18.4 Å². The van der Waals surface area contributed by atoms with E-state index < -0.39 is 0 Å². The number of aliphatic imine (C=N–C) groups is 1. The van der Waals surface area contributed by atoms with Crippen molar-refractivity contribution in [2.45, 2.75) is 33.7 Å². The van der Waals surface area contributed by atoms with Gasteiger partial charge in [-0.15, -0.1) is 0 Å². The first-order valence-corrected chi connectivity index (χ1v) is 9.48. The molecule has 1 amide bonds. The Labute approximate surface area is 162 Å². The number of nitrogens with zero attached hydrogens (tertiary/aromatic N) is 1. The Balaban J connectivity index is 1.90. The Morgan fingerprint density at radius 1 is 0.963 bits per heavy atom. The molecule has 0 aliphatic carbocycles. The normalized spacial score (nSPS) is 11.3. The Hall–Kier alpha value is -2.82. The molecule has 0 spiro atoms. The quantitative estimate of drug-likeness (QED) is 0.379. The number of hydrogen-bond acceptors (Lipinski definition) is 2. The predicted octanol–water partition coefficient (Wildman–Crippen LogP) is 3.72. The van der Waals surface area contributed by atoms with Gasteiger partial charge in [-0.2, -0.15) is 0 Å². The second kappa shape index (κ2) is 11.0. The van der Waals surface area contributed by atoms with E-state index in [4.69, 9.17) is 0 Å². The van der Waals surface area contributed by atoms with Crippen LogP contribution in [0.1, 0.15) is 31.4 Å². The zero-order valence-corrected chi connectivity index (χ0v) is 16.5. The number of guanidine groups is 1. The SMILES string of the molecule is Cc1ccc(CN=C(NCCCNC(=O)C(C)C)Nc2ccccc2)cc1. The Morgan fingerprint density at radius 2 is 1.63 bits per heavy atom. The lowest BCUT2D eigenvalue weighted by Gasteiger charge is -2.13. The van der Waals surface area contributed by atoms with E-state index in [1.54, 1.807) is 0 Å². The number of nitrogens with one attached hydrogen (secondary N) is 3. The summed E-state index contributed by atoms with van der Waals surface area (Å²) in [7, 11) is 0. The molecule has 0 aliphatic heterocycles. The molecule has 2 aromatic rings. The Bertz CT molecular complexity index is 724. The van der Waals surface area contributed by atoms with Gasteiger partial charge < -0.3 is 16.0 Å². The van der Waals surface area contributed by atoms with E-state index in [2.05, 4.69) is 52.1 Å². The molecule has 27 heavy (non-hydrogen) atoms. The number of amides is 1. The van der Waals surface area contributed by atoms with Crippen LogP contribution in [0, 0.1) is 12.8 Å². The van der Waals surface area contributed by atoms with Gasteiger partial charge in [0.05, 0.1) is 6.54 Å². The fraction of sp³-hybridized carbons (Fsp3) is 0.364. The van der Waals surface area contributed by atoms with Crippen LogP contribution in [0.5, 0.6) is 0 Å². The summed E-state index contributed by atoms with van der Waals surface area (Å²) in [6.07, 6.45) is 0.832. The van der Waals surface area contributed by atoms with Crippen LogP contribution in [-0.2, 0) is 11.3 Å². The molecule has 2 aromatic carbocycles. The van der Waals surface area contributed by atoms with Crippen molar-refractivity contribution in [3.63, 3.8) is 0 Å². The zero-order valence-electron chi connectivity index (χ0n) is 16.5. The van der Waals surface area contributed by atoms with E-state index in [1.807, 2.05) is 44.2 Å². The second-order valence-electron chi connectivity index (χ2n) is 6.87. The number of benzene rings is 2. The van der Waals surface area contributed by atoms with E-state index in [1.165, 1.54) is 11.1 Å². The van der Waals surface area contributed by atoms with Gasteiger partial charge in [0, 0.05) is 24.7 Å². The number of aryl methyl sites for hydroxylation is 1. The number of carbonyl (C=O) groups is 1. The highest BCUT2D eigenvalue weighted by molar-refractivity contribution is 5.93. The van der Waals surface area contributed by atoms with Crippen LogP contribution < -0.4 is 16.0 Å². The van der Waals surface area contributed by atoms with Gasteiger partial charge >= 0.3 is 0 Å². The molecule has 0 heterocycles. The minimum Gasteiger partial charge on any atom is -0.356 e. The van der Waals surface area contributed by atoms with Crippen LogP contribution in [0.2, 0.25) is 0 Å². The highest BCUT2D eigenvalue weighted by Crippen LogP contribution is 2.07. The molecular weight excluding hydrogens is 336 g/mol. The number of hydrogen-bond donors (Lipinski definition) is 3. The van der Waals surface area contributed by atoms with Crippen molar-refractivity contribution in [2.24, 2.45) is 10.9 Å². The molecule has 0 saturated carbocycles. The Kier molecular flexibility index (Phi) is 8.36. The number of para-hydroxylation sites is 1. The monoisotopic (exact) mass is 366 g/mol. The standard InChI is InChI=1S/C22H30N4O/c1-17(2)21(27)23-14-7-15-24-22(26-20-8-5-4-6-9-20)25-16-19-12-10-18(3)11-13-19/h4-6,8-13,17H,7,14-16H2,1-3H3,(H,23,27)(H2,24,25,26). The maximum atomic E-state index is 11.6. The topological polar surface area (TPSA) is 65.5 Å². The van der Waals surface area contributed by atoms with Gasteiger partial charge in [0.15, 0.2) is 5.96 Å². The van der Waals surface area contributed by atoms with Crippen molar-refractivity contribution in [1.82, 2.24) is 10.6 Å². The molecule has 0 saturated heterocycles. The first kappa shape index (κ1) is 20.5. The van der Waals surface area contributed by atoms with E-state index in [0.29, 0.717) is 13.1 Å². The summed E-state index contributed by atoms with van der Waals surface area (Å²) in [5.41, 5.74) is 3.40. The molecule has 5 nitrogen and oxygen atoms in total. The molecular formula is C22H30N4O. The molecule has 0 aliphatic rings. The van der Waals surface area contributed by atoms with Crippen molar-refractivity contribution < 1.29 is 4.79 Å². The summed E-state index contributed by atoms with van der Waals surface area (Å²) in [6.45, 7) is 7.85. The largest absolute Gasteiger partial charge is 0.356 e. The third kappa shape index (κ3) is 7.94. The fourth-order valence-corrected chi connectivity index (χ4v) is 2.37. The summed E-state index contributed by atoms with van der Waals surface area (Å²) in [6, 6.07) is 18.4. The second-order valence-corrected chi connectivity index (χ2v) is 6.87. The summed E-state index contributed by atoms with van der Waals surface area (Å²) in [4.78, 5) is 16.3. The van der Waals surface area contributed by atoms with Crippen molar-refractivity contribution in [3.05, 3.63) is 65.7 Å². The van der Waals surface area contributed by atoms with Crippen LogP contribution in [-0.4, -0.2) is 25.0 Å². The maximum Gasteiger partial charge on any atom is 0.222 e. The first-order chi connectivity index (χ1) is 13.0. The van der Waals surface area contributed by atoms with Crippen LogP contribution in [0.25, 0.3) is 0 Å². The number of rotatable bonds is 8. The minimum atomic E-state index is 0.0179.